The second kappa shape index (κ2) is 7.80. The number of nitrogens with zero attached hydrogens (tertiary/aromatic N) is 4. The molecule has 1 aromatic carbocycles. The first-order valence-electron chi connectivity index (χ1n) is 4.42. The zero-order chi connectivity index (χ0) is 13.3. The van der Waals surface area contributed by atoms with Crippen molar-refractivity contribution in [2.45, 2.75) is 6.92 Å². The Morgan fingerprint density at radius 3 is 2.53 bits per heavy atom. The molecule has 0 aliphatic heterocycles. The van der Waals surface area contributed by atoms with E-state index >= 15 is 0 Å². The zero-order valence-corrected chi connectivity index (χ0v) is 10.1. The van der Waals surface area contributed by atoms with Gasteiger partial charge in [0.05, 0.1) is 16.4 Å². The van der Waals surface area contributed by atoms with Crippen LogP contribution < -0.4 is 5.84 Å². The molecular formula is C11H11N5S. The molecule has 5 nitrogen and oxygen atoms in total. The standard InChI is InChI=1S/C9H9N3S.2CHN/c1-6-3-2-4-7-9(6)12-8(13-7)5-11-10;2*1-2/h2-5H,10H2,1H3;2*1H. The summed E-state index contributed by atoms with van der Waals surface area (Å²) in [5.74, 6) is 5.06. The molecule has 2 N–H and O–H groups in total. The lowest BCUT2D eigenvalue weighted by Crippen LogP contribution is -1.84. The molecule has 0 bridgehead atoms. The lowest BCUT2D eigenvalue weighted by Gasteiger charge is -1.90. The SMILES string of the molecule is C#N.C#N.Cc1cccc2sc(C=NN)nc12. The molecule has 0 unspecified atom stereocenters. The van der Waals surface area contributed by atoms with Gasteiger partial charge >= 0.3 is 0 Å². The maximum absolute atomic E-state index is 6.50. The highest BCUT2D eigenvalue weighted by atomic mass is 32.1. The van der Waals surface area contributed by atoms with E-state index in [0.29, 0.717) is 0 Å². The molecule has 0 amide bonds. The van der Waals surface area contributed by atoms with Crippen LogP contribution in [0.2, 0.25) is 0 Å². The maximum atomic E-state index is 6.50. The molecule has 1 heterocycles. The van der Waals surface area contributed by atoms with Crippen LogP contribution in [0.15, 0.2) is 23.3 Å². The van der Waals surface area contributed by atoms with E-state index < -0.39 is 0 Å². The largest absolute Gasteiger partial charge is 0.323 e. The van der Waals surface area contributed by atoms with Crippen LogP contribution in [0.3, 0.4) is 0 Å². The van der Waals surface area contributed by atoms with Gasteiger partial charge in [-0.3, -0.25) is 0 Å². The van der Waals surface area contributed by atoms with Gasteiger partial charge in [0, 0.05) is 13.1 Å². The number of nitrogens with two attached hydrogens (primary N) is 1. The summed E-state index contributed by atoms with van der Waals surface area (Å²) >= 11 is 1.60. The number of para-hydroxylation sites is 1. The zero-order valence-electron chi connectivity index (χ0n) is 9.24. The third kappa shape index (κ3) is 3.56. The van der Waals surface area contributed by atoms with Crippen molar-refractivity contribution in [1.29, 1.82) is 10.5 Å². The van der Waals surface area contributed by atoms with Crippen LogP contribution in [0.25, 0.3) is 10.2 Å². The predicted octanol–water partition coefficient (Wildman–Crippen LogP) is 2.18. The second-order valence-corrected chi connectivity index (χ2v) is 3.81. The third-order valence-corrected chi connectivity index (χ3v) is 2.78. The van der Waals surface area contributed by atoms with E-state index in [0.717, 1.165) is 10.5 Å². The van der Waals surface area contributed by atoms with Crippen LogP contribution in [0.4, 0.5) is 0 Å². The number of aromatic nitrogens is 1. The molecule has 2 rings (SSSR count). The van der Waals surface area contributed by atoms with Crippen molar-refractivity contribution in [2.24, 2.45) is 10.9 Å². The topological polar surface area (TPSA) is 98.8 Å². The van der Waals surface area contributed by atoms with Crippen molar-refractivity contribution in [3.05, 3.63) is 28.8 Å². The number of hydrazone groups is 1. The predicted molar refractivity (Wildman–Crippen MR) is 69.5 cm³/mol. The van der Waals surface area contributed by atoms with Crippen LogP contribution in [-0.2, 0) is 0 Å². The molecule has 1 aromatic heterocycles. The lowest BCUT2D eigenvalue weighted by atomic mass is 10.2. The van der Waals surface area contributed by atoms with E-state index in [1.165, 1.54) is 10.3 Å². The second-order valence-electron chi connectivity index (χ2n) is 2.75. The van der Waals surface area contributed by atoms with Gasteiger partial charge in [0.2, 0.25) is 0 Å². The summed E-state index contributed by atoms with van der Waals surface area (Å²) in [6.45, 7) is 9.05. The Bertz CT molecular complexity index is 532. The molecule has 0 fully saturated rings. The number of benzene rings is 1. The minimum atomic E-state index is 0.854. The molecule has 0 spiro atoms. The van der Waals surface area contributed by atoms with Crippen molar-refractivity contribution in [1.82, 2.24) is 4.98 Å². The fourth-order valence-electron chi connectivity index (χ4n) is 1.22. The minimum Gasteiger partial charge on any atom is -0.323 e. The van der Waals surface area contributed by atoms with Crippen LogP contribution in [0.1, 0.15) is 10.6 Å². The van der Waals surface area contributed by atoms with E-state index in [2.05, 4.69) is 23.2 Å². The van der Waals surface area contributed by atoms with E-state index in [4.69, 9.17) is 16.4 Å². The summed E-state index contributed by atoms with van der Waals surface area (Å²) in [6, 6.07) is 6.12. The Morgan fingerprint density at radius 1 is 1.35 bits per heavy atom. The summed E-state index contributed by atoms with van der Waals surface area (Å²) in [5, 5.41) is 17.3. The van der Waals surface area contributed by atoms with Crippen LogP contribution in [0, 0.1) is 30.6 Å². The van der Waals surface area contributed by atoms with Gasteiger partial charge in [-0.2, -0.15) is 5.10 Å². The smallest absolute Gasteiger partial charge is 0.137 e. The van der Waals surface area contributed by atoms with Crippen molar-refractivity contribution in [3.63, 3.8) is 0 Å². The Labute approximate surface area is 103 Å². The van der Waals surface area contributed by atoms with Gasteiger partial charge in [-0.1, -0.05) is 12.1 Å². The minimum absolute atomic E-state index is 0.854. The van der Waals surface area contributed by atoms with Crippen molar-refractivity contribution >= 4 is 27.8 Å². The summed E-state index contributed by atoms with van der Waals surface area (Å²) in [7, 11) is 0. The number of nitriles is 2. The van der Waals surface area contributed by atoms with E-state index in [9.17, 15) is 0 Å². The molecule has 0 aliphatic carbocycles. The summed E-state index contributed by atoms with van der Waals surface area (Å²) in [6.07, 6.45) is 1.57. The lowest BCUT2D eigenvalue weighted by molar-refractivity contribution is 1.26. The molecule has 0 saturated heterocycles. The summed E-state index contributed by atoms with van der Waals surface area (Å²) in [5.41, 5.74) is 2.23. The number of thiazole rings is 1. The van der Waals surface area contributed by atoms with Crippen molar-refractivity contribution in [2.75, 3.05) is 0 Å². The first-order valence-corrected chi connectivity index (χ1v) is 5.24. The van der Waals surface area contributed by atoms with Crippen LogP contribution in [-0.4, -0.2) is 11.2 Å². The van der Waals surface area contributed by atoms with Crippen molar-refractivity contribution in [3.8, 4) is 13.1 Å². The number of aryl methyl sites for hydroxylation is 1. The summed E-state index contributed by atoms with van der Waals surface area (Å²) < 4.78 is 1.18. The van der Waals surface area contributed by atoms with Gasteiger partial charge in [0.15, 0.2) is 0 Å². The molecule has 0 aliphatic rings. The molecule has 2 aromatic rings. The molecular weight excluding hydrogens is 234 g/mol. The Hall–Kier alpha value is -2.44. The van der Waals surface area contributed by atoms with Gasteiger partial charge in [-0.05, 0) is 18.6 Å². The first kappa shape index (κ1) is 14.6. The summed E-state index contributed by atoms with van der Waals surface area (Å²) in [4.78, 5) is 4.39. The van der Waals surface area contributed by atoms with Gasteiger partial charge in [-0.25, -0.2) is 15.5 Å². The fourth-order valence-corrected chi connectivity index (χ4v) is 2.15. The van der Waals surface area contributed by atoms with Gasteiger partial charge in [0.1, 0.15) is 5.01 Å². The first-order chi connectivity index (χ1) is 8.31. The van der Waals surface area contributed by atoms with Crippen molar-refractivity contribution < 1.29 is 0 Å². The Morgan fingerprint density at radius 2 is 2.00 bits per heavy atom. The highest BCUT2D eigenvalue weighted by Crippen LogP contribution is 2.23. The number of hydrogen-bond acceptors (Lipinski definition) is 6. The van der Waals surface area contributed by atoms with E-state index in [1.54, 1.807) is 17.6 Å². The number of rotatable bonds is 1. The van der Waals surface area contributed by atoms with E-state index in [1.807, 2.05) is 25.1 Å². The Balaban J connectivity index is 0.000000581. The van der Waals surface area contributed by atoms with Crippen LogP contribution in [0.5, 0.6) is 0 Å². The van der Waals surface area contributed by atoms with E-state index in [-0.39, 0.29) is 0 Å². The molecule has 0 saturated carbocycles. The van der Waals surface area contributed by atoms with Gasteiger partial charge in [-0.15, -0.1) is 11.3 Å². The molecule has 0 atom stereocenters. The quantitative estimate of drug-likeness (QED) is 0.472. The maximum Gasteiger partial charge on any atom is 0.137 e. The normalized spacial score (nSPS) is 9.00. The number of hydrogen-bond donors (Lipinski definition) is 1. The van der Waals surface area contributed by atoms with Gasteiger partial charge < -0.3 is 5.84 Å². The van der Waals surface area contributed by atoms with Crippen LogP contribution >= 0.6 is 11.3 Å². The average molecular weight is 245 g/mol. The molecule has 0 radical (unpaired) electrons. The highest BCUT2D eigenvalue weighted by Gasteiger charge is 2.02. The Kier molecular flexibility index (Phi) is 6.68. The fraction of sp³-hybridized carbons (Fsp3) is 0.0909. The molecule has 86 valence electrons. The molecule has 17 heavy (non-hydrogen) atoms. The monoisotopic (exact) mass is 245 g/mol. The highest BCUT2D eigenvalue weighted by molar-refractivity contribution is 7.20. The average Bonchev–Trinajstić information content (AvgIpc) is 2.79. The third-order valence-electron chi connectivity index (χ3n) is 1.82. The number of fused-ring (bicyclic) bond motifs is 1. The van der Waals surface area contributed by atoms with Gasteiger partial charge in [0.25, 0.3) is 0 Å². The molecule has 6 heteroatoms.